The van der Waals surface area contributed by atoms with Crippen LogP contribution >= 0.6 is 0 Å². The summed E-state index contributed by atoms with van der Waals surface area (Å²) in [7, 11) is 0. The van der Waals surface area contributed by atoms with E-state index in [0.717, 1.165) is 5.56 Å². The van der Waals surface area contributed by atoms with Crippen LogP contribution in [0.1, 0.15) is 42.3 Å². The molecule has 2 aromatic rings. The van der Waals surface area contributed by atoms with Crippen LogP contribution in [0.2, 0.25) is 0 Å². The first-order valence-corrected chi connectivity index (χ1v) is 7.12. The topological polar surface area (TPSA) is 57.5 Å². The molecule has 2 rings (SSSR count). The maximum atomic E-state index is 12.0. The normalized spacial score (nSPS) is 12.2. The fraction of sp³-hybridized carbons (Fsp3) is 0.211. The summed E-state index contributed by atoms with van der Waals surface area (Å²) in [5.41, 5.74) is 2.21. The monoisotopic (exact) mass is 296 g/mol. The summed E-state index contributed by atoms with van der Waals surface area (Å²) in [6.45, 7) is 6.35. The molecule has 0 bridgehead atoms. The molecular weight excluding hydrogens is 276 g/mol. The number of benzene rings is 2. The quantitative estimate of drug-likeness (QED) is 0.499. The lowest BCUT2D eigenvalue weighted by Gasteiger charge is -2.19. The summed E-state index contributed by atoms with van der Waals surface area (Å²) in [4.78, 5) is 12.0. The maximum Gasteiger partial charge on any atom is 0.189 e. The zero-order valence-corrected chi connectivity index (χ0v) is 13.0. The smallest absolute Gasteiger partial charge is 0.189 e. The van der Waals surface area contributed by atoms with E-state index >= 15 is 0 Å². The van der Waals surface area contributed by atoms with E-state index < -0.39 is 0 Å². The van der Waals surface area contributed by atoms with Gasteiger partial charge in [-0.05, 0) is 35.2 Å². The summed E-state index contributed by atoms with van der Waals surface area (Å²) >= 11 is 0. The summed E-state index contributed by atoms with van der Waals surface area (Å²) in [6, 6.07) is 13.4. The van der Waals surface area contributed by atoms with E-state index in [1.165, 1.54) is 30.3 Å². The highest BCUT2D eigenvalue weighted by molar-refractivity contribution is 6.07. The molecule has 0 radical (unpaired) electrons. The molecule has 0 fully saturated rings. The summed E-state index contributed by atoms with van der Waals surface area (Å²) in [5.74, 6) is -0.279. The van der Waals surface area contributed by atoms with Gasteiger partial charge in [0, 0.05) is 17.2 Å². The molecule has 0 spiro atoms. The second-order valence-electron chi connectivity index (χ2n) is 6.27. The first-order chi connectivity index (χ1) is 10.3. The van der Waals surface area contributed by atoms with Crippen LogP contribution < -0.4 is 0 Å². The van der Waals surface area contributed by atoms with Crippen LogP contribution in [0.15, 0.2) is 54.6 Å². The van der Waals surface area contributed by atoms with Gasteiger partial charge in [-0.3, -0.25) is 4.79 Å². The first kappa shape index (κ1) is 15.8. The van der Waals surface area contributed by atoms with Crippen LogP contribution in [0.3, 0.4) is 0 Å². The lowest BCUT2D eigenvalue weighted by molar-refractivity contribution is 0.104. The maximum absolute atomic E-state index is 12.0. The number of aliphatic hydroxyl groups excluding tert-OH is 1. The van der Waals surface area contributed by atoms with Gasteiger partial charge >= 0.3 is 0 Å². The Bertz CT molecular complexity index is 687. The third kappa shape index (κ3) is 3.76. The van der Waals surface area contributed by atoms with Crippen molar-refractivity contribution in [3.8, 4) is 5.75 Å². The molecule has 0 saturated carbocycles. The Morgan fingerprint density at radius 2 is 1.41 bits per heavy atom. The number of phenolic OH excluding ortho intramolecular Hbond substituents is 1. The van der Waals surface area contributed by atoms with E-state index in [4.69, 9.17) is 0 Å². The van der Waals surface area contributed by atoms with E-state index in [9.17, 15) is 15.0 Å². The Hall–Kier alpha value is -2.55. The highest BCUT2D eigenvalue weighted by atomic mass is 16.3. The molecule has 22 heavy (non-hydrogen) atoms. The van der Waals surface area contributed by atoms with E-state index in [-0.39, 0.29) is 22.7 Å². The number of hydrogen-bond acceptors (Lipinski definition) is 3. The number of rotatable bonds is 3. The van der Waals surface area contributed by atoms with Crippen molar-refractivity contribution in [3.63, 3.8) is 0 Å². The van der Waals surface area contributed by atoms with Crippen molar-refractivity contribution in [2.45, 2.75) is 26.2 Å². The molecule has 3 nitrogen and oxygen atoms in total. The zero-order valence-electron chi connectivity index (χ0n) is 13.0. The Morgan fingerprint density at radius 3 is 1.91 bits per heavy atom. The van der Waals surface area contributed by atoms with E-state index in [0.29, 0.717) is 11.1 Å². The Kier molecular flexibility index (Phi) is 4.36. The van der Waals surface area contributed by atoms with Crippen molar-refractivity contribution in [3.05, 3.63) is 71.3 Å². The lowest BCUT2D eigenvalue weighted by atomic mass is 9.86. The fourth-order valence-electron chi connectivity index (χ4n) is 2.06. The lowest BCUT2D eigenvalue weighted by Crippen LogP contribution is -2.10. The minimum Gasteiger partial charge on any atom is -0.508 e. The Morgan fingerprint density at radius 1 is 0.909 bits per heavy atom. The van der Waals surface area contributed by atoms with Crippen LogP contribution in [-0.2, 0) is 5.41 Å². The van der Waals surface area contributed by atoms with E-state index in [1.807, 2.05) is 12.1 Å². The van der Waals surface area contributed by atoms with Crippen molar-refractivity contribution in [1.29, 1.82) is 0 Å². The van der Waals surface area contributed by atoms with Crippen molar-refractivity contribution < 1.29 is 15.0 Å². The molecule has 0 aliphatic carbocycles. The molecular formula is C19H20O3. The number of hydrogen-bond donors (Lipinski definition) is 2. The number of aromatic hydroxyl groups is 1. The number of phenols is 1. The van der Waals surface area contributed by atoms with Crippen LogP contribution in [0.5, 0.6) is 5.75 Å². The molecule has 114 valence electrons. The van der Waals surface area contributed by atoms with E-state index in [2.05, 4.69) is 20.8 Å². The van der Waals surface area contributed by atoms with Gasteiger partial charge in [-0.2, -0.15) is 0 Å². The van der Waals surface area contributed by atoms with Gasteiger partial charge in [-0.1, -0.05) is 45.0 Å². The number of ketones is 1. The van der Waals surface area contributed by atoms with Crippen LogP contribution in [0, 0.1) is 0 Å². The average Bonchev–Trinajstić information content (AvgIpc) is 2.47. The van der Waals surface area contributed by atoms with Gasteiger partial charge in [-0.25, -0.2) is 0 Å². The second kappa shape index (κ2) is 6.06. The molecule has 0 atom stereocenters. The first-order valence-electron chi connectivity index (χ1n) is 7.12. The Labute approximate surface area is 130 Å². The highest BCUT2D eigenvalue weighted by Gasteiger charge is 2.13. The van der Waals surface area contributed by atoms with Gasteiger partial charge in [-0.15, -0.1) is 0 Å². The van der Waals surface area contributed by atoms with Gasteiger partial charge in [0.1, 0.15) is 11.5 Å². The molecule has 3 heteroatoms. The molecule has 0 aliphatic heterocycles. The van der Waals surface area contributed by atoms with Crippen molar-refractivity contribution in [2.75, 3.05) is 0 Å². The second-order valence-corrected chi connectivity index (χ2v) is 6.27. The van der Waals surface area contributed by atoms with E-state index in [1.54, 1.807) is 12.1 Å². The van der Waals surface area contributed by atoms with Gasteiger partial charge in [0.05, 0.1) is 0 Å². The average molecular weight is 296 g/mol. The number of carbonyl (C=O) groups is 1. The predicted molar refractivity (Wildman–Crippen MR) is 88.2 cm³/mol. The highest BCUT2D eigenvalue weighted by Crippen LogP contribution is 2.24. The fourth-order valence-corrected chi connectivity index (χ4v) is 2.06. The number of aliphatic hydroxyl groups is 1. The van der Waals surface area contributed by atoms with Crippen LogP contribution in [0.25, 0.3) is 5.76 Å². The largest absolute Gasteiger partial charge is 0.508 e. The third-order valence-corrected chi connectivity index (χ3v) is 3.47. The summed E-state index contributed by atoms with van der Waals surface area (Å²) < 4.78 is 0. The van der Waals surface area contributed by atoms with Crippen molar-refractivity contribution in [2.24, 2.45) is 0 Å². The minimum absolute atomic E-state index is 0.0414. The Balaban J connectivity index is 2.21. The van der Waals surface area contributed by atoms with Crippen LogP contribution in [0.4, 0.5) is 0 Å². The number of allylic oxidation sites excluding steroid dienone is 1. The molecule has 0 heterocycles. The summed E-state index contributed by atoms with van der Waals surface area (Å²) in [6.07, 6.45) is 1.19. The van der Waals surface area contributed by atoms with Crippen molar-refractivity contribution >= 4 is 11.5 Å². The SMILES string of the molecule is CC(C)(C)c1ccc(/C(O)=C/C(=O)c2ccc(O)cc2)cc1. The molecule has 2 N–H and O–H groups in total. The van der Waals surface area contributed by atoms with Gasteiger partial charge < -0.3 is 10.2 Å². The number of carbonyl (C=O) groups excluding carboxylic acids is 1. The zero-order chi connectivity index (χ0) is 16.3. The summed E-state index contributed by atoms with van der Waals surface area (Å²) in [5, 5.41) is 19.3. The molecule has 0 aliphatic rings. The van der Waals surface area contributed by atoms with Gasteiger partial charge in [0.25, 0.3) is 0 Å². The molecule has 0 amide bonds. The molecule has 0 saturated heterocycles. The predicted octanol–water partition coefficient (Wildman–Crippen LogP) is 4.47. The van der Waals surface area contributed by atoms with Crippen LogP contribution in [-0.4, -0.2) is 16.0 Å². The van der Waals surface area contributed by atoms with Gasteiger partial charge in [0.2, 0.25) is 0 Å². The molecule has 2 aromatic carbocycles. The standard InChI is InChI=1S/C19H20O3/c1-19(2,3)15-8-4-13(5-9-15)17(21)12-18(22)14-6-10-16(20)11-7-14/h4-12,20-21H,1-3H3/b17-12-. The van der Waals surface area contributed by atoms with Crippen molar-refractivity contribution in [1.82, 2.24) is 0 Å². The molecule has 0 unspecified atom stereocenters. The molecule has 0 aromatic heterocycles. The third-order valence-electron chi connectivity index (χ3n) is 3.47. The van der Waals surface area contributed by atoms with Gasteiger partial charge in [0.15, 0.2) is 5.78 Å². The minimum atomic E-state index is -0.308.